The van der Waals surface area contributed by atoms with Crippen LogP contribution in [0.25, 0.3) is 21.8 Å². The summed E-state index contributed by atoms with van der Waals surface area (Å²) in [4.78, 5) is 19.7. The molecule has 1 N–H and O–H groups in total. The van der Waals surface area contributed by atoms with E-state index in [0.717, 1.165) is 22.2 Å². The average Bonchev–Trinajstić information content (AvgIpc) is 3.25. The minimum Gasteiger partial charge on any atom is -0.484 e. The van der Waals surface area contributed by atoms with Crippen molar-refractivity contribution in [3.63, 3.8) is 0 Å². The van der Waals surface area contributed by atoms with Crippen LogP contribution < -0.4 is 10.1 Å². The van der Waals surface area contributed by atoms with Gasteiger partial charge in [-0.3, -0.25) is 14.8 Å². The molecule has 10 nitrogen and oxygen atoms in total. The number of nitro benzene ring substituents is 1. The third-order valence-corrected chi connectivity index (χ3v) is 5.58. The Labute approximate surface area is 204 Å². The molecule has 0 atom stereocenters. The Morgan fingerprint density at radius 1 is 1.11 bits per heavy atom. The van der Waals surface area contributed by atoms with Gasteiger partial charge in [-0.1, -0.05) is 12.1 Å². The lowest BCUT2D eigenvalue weighted by Crippen LogP contribution is -2.06. The predicted octanol–water partition coefficient (Wildman–Crippen LogP) is 4.84. The molecule has 0 bridgehead atoms. The Morgan fingerprint density at radius 3 is 2.81 bits per heavy atom. The molecule has 0 saturated carbocycles. The third-order valence-electron chi connectivity index (χ3n) is 5.58. The van der Waals surface area contributed by atoms with Crippen LogP contribution in [0.5, 0.6) is 5.75 Å². The molecule has 0 saturated heterocycles. The lowest BCUT2D eigenvalue weighted by Gasteiger charge is -2.11. The largest absolute Gasteiger partial charge is 0.484 e. The maximum atomic E-state index is 13.5. The highest BCUT2D eigenvalue weighted by molar-refractivity contribution is 5.94. The fourth-order valence-electron chi connectivity index (χ4n) is 3.90. The number of nitrogens with one attached hydrogen (secondary N) is 1. The van der Waals surface area contributed by atoms with E-state index < -0.39 is 4.92 Å². The number of halogens is 1. The topological polar surface area (TPSA) is 117 Å². The molecule has 2 aromatic heterocycles. The molecule has 5 rings (SSSR count). The van der Waals surface area contributed by atoms with Crippen molar-refractivity contribution >= 4 is 39.0 Å². The van der Waals surface area contributed by atoms with Crippen LogP contribution in [0.1, 0.15) is 5.56 Å². The molecule has 0 spiro atoms. The van der Waals surface area contributed by atoms with Crippen LogP contribution in [-0.2, 0) is 11.3 Å². The van der Waals surface area contributed by atoms with E-state index in [-0.39, 0.29) is 23.9 Å². The maximum absolute atomic E-state index is 13.5. The van der Waals surface area contributed by atoms with E-state index in [9.17, 15) is 14.5 Å². The molecule has 0 aliphatic rings. The smallest absolute Gasteiger partial charge is 0.311 e. The molecule has 0 unspecified atom stereocenters. The van der Waals surface area contributed by atoms with Crippen molar-refractivity contribution in [3.05, 3.63) is 88.6 Å². The highest BCUT2D eigenvalue weighted by atomic mass is 19.1. The van der Waals surface area contributed by atoms with Crippen molar-refractivity contribution in [2.45, 2.75) is 6.54 Å². The first-order valence-corrected chi connectivity index (χ1v) is 11.0. The molecule has 36 heavy (non-hydrogen) atoms. The summed E-state index contributed by atoms with van der Waals surface area (Å²) in [6.07, 6.45) is 3.11. The van der Waals surface area contributed by atoms with Crippen molar-refractivity contribution in [1.82, 2.24) is 19.7 Å². The molecule has 2 heterocycles. The Kier molecular flexibility index (Phi) is 6.37. The van der Waals surface area contributed by atoms with E-state index in [2.05, 4.69) is 20.4 Å². The predicted molar refractivity (Wildman–Crippen MR) is 132 cm³/mol. The second-order valence-corrected chi connectivity index (χ2v) is 7.99. The van der Waals surface area contributed by atoms with Crippen LogP contribution in [0, 0.1) is 15.9 Å². The molecule has 5 aromatic rings. The number of fused-ring (bicyclic) bond motifs is 2. The van der Waals surface area contributed by atoms with Gasteiger partial charge in [-0.25, -0.2) is 14.4 Å². The standard InChI is InChI=1S/C25H21FN6O4/c1-35-7-8-36-24-12-21-20(11-23(24)32(33)34)25(28-15-27-21)30-19-5-6-22-17(10-19)13-29-31(22)14-16-3-2-4-18(26)9-16/h2-6,9-13,15H,7-8,14H2,1H3,(H,27,28,30). The number of nitrogens with zero attached hydrogens (tertiary/aromatic N) is 5. The van der Waals surface area contributed by atoms with Gasteiger partial charge in [0.1, 0.15) is 24.6 Å². The van der Waals surface area contributed by atoms with Crippen LogP contribution in [0.2, 0.25) is 0 Å². The van der Waals surface area contributed by atoms with Gasteiger partial charge in [0.25, 0.3) is 0 Å². The summed E-state index contributed by atoms with van der Waals surface area (Å²) in [5.74, 6) is 0.237. The van der Waals surface area contributed by atoms with Crippen LogP contribution in [0.4, 0.5) is 21.6 Å². The summed E-state index contributed by atoms with van der Waals surface area (Å²) in [5, 5.41) is 20.7. The Balaban J connectivity index is 1.44. The monoisotopic (exact) mass is 488 g/mol. The molecule has 0 fully saturated rings. The SMILES string of the molecule is COCCOc1cc2ncnc(Nc3ccc4c(cnn4Cc4cccc(F)c4)c3)c2cc1[N+](=O)[O-]. The summed E-state index contributed by atoms with van der Waals surface area (Å²) in [5.41, 5.74) is 2.71. The van der Waals surface area contributed by atoms with Crippen molar-refractivity contribution in [1.29, 1.82) is 0 Å². The molecule has 0 aliphatic carbocycles. The van der Waals surface area contributed by atoms with E-state index in [1.165, 1.54) is 37.7 Å². The van der Waals surface area contributed by atoms with Crippen molar-refractivity contribution in [2.24, 2.45) is 0 Å². The minimum absolute atomic E-state index is 0.112. The molecule has 182 valence electrons. The second-order valence-electron chi connectivity index (χ2n) is 7.99. The van der Waals surface area contributed by atoms with Gasteiger partial charge in [-0.05, 0) is 35.9 Å². The number of benzene rings is 3. The molecule has 0 radical (unpaired) electrons. The van der Waals surface area contributed by atoms with E-state index in [4.69, 9.17) is 9.47 Å². The van der Waals surface area contributed by atoms with Crippen molar-refractivity contribution in [3.8, 4) is 5.75 Å². The number of hydrogen-bond acceptors (Lipinski definition) is 8. The fourth-order valence-corrected chi connectivity index (χ4v) is 3.90. The van der Waals surface area contributed by atoms with Gasteiger partial charge in [-0.15, -0.1) is 0 Å². The number of ether oxygens (including phenoxy) is 2. The second kappa shape index (κ2) is 9.92. The van der Waals surface area contributed by atoms with Gasteiger partial charge >= 0.3 is 5.69 Å². The Bertz CT molecular complexity index is 1570. The lowest BCUT2D eigenvalue weighted by atomic mass is 10.1. The van der Waals surface area contributed by atoms with Crippen molar-refractivity contribution < 1.29 is 18.8 Å². The number of hydrogen-bond donors (Lipinski definition) is 1. The quantitative estimate of drug-likeness (QED) is 0.178. The first kappa shape index (κ1) is 23.1. The highest BCUT2D eigenvalue weighted by Crippen LogP contribution is 2.35. The summed E-state index contributed by atoms with van der Waals surface area (Å²) in [6.45, 7) is 0.905. The summed E-state index contributed by atoms with van der Waals surface area (Å²) in [7, 11) is 1.52. The number of nitro groups is 1. The lowest BCUT2D eigenvalue weighted by molar-refractivity contribution is -0.385. The van der Waals surface area contributed by atoms with Gasteiger partial charge in [0, 0.05) is 30.3 Å². The average molecular weight is 488 g/mol. The maximum Gasteiger partial charge on any atom is 0.311 e. The fraction of sp³-hybridized carbons (Fsp3) is 0.160. The van der Waals surface area contributed by atoms with Crippen LogP contribution in [-0.4, -0.2) is 45.0 Å². The zero-order valence-corrected chi connectivity index (χ0v) is 19.2. The molecular formula is C25H21FN6O4. The van der Waals surface area contributed by atoms with E-state index in [0.29, 0.717) is 29.9 Å². The number of aromatic nitrogens is 4. The number of methoxy groups -OCH3 is 1. The van der Waals surface area contributed by atoms with Gasteiger partial charge in [0.15, 0.2) is 5.75 Å². The van der Waals surface area contributed by atoms with Gasteiger partial charge < -0.3 is 14.8 Å². The number of rotatable bonds is 9. The molecule has 3 aromatic carbocycles. The van der Waals surface area contributed by atoms with Crippen LogP contribution in [0.3, 0.4) is 0 Å². The first-order valence-electron chi connectivity index (χ1n) is 11.0. The molecular weight excluding hydrogens is 467 g/mol. The van der Waals surface area contributed by atoms with Gasteiger partial charge in [-0.2, -0.15) is 5.10 Å². The zero-order chi connectivity index (χ0) is 25.1. The summed E-state index contributed by atoms with van der Waals surface area (Å²) >= 11 is 0. The van der Waals surface area contributed by atoms with Gasteiger partial charge in [0.05, 0.1) is 40.7 Å². The highest BCUT2D eigenvalue weighted by Gasteiger charge is 2.19. The molecule has 0 amide bonds. The van der Waals surface area contributed by atoms with Crippen molar-refractivity contribution in [2.75, 3.05) is 25.6 Å². The summed E-state index contributed by atoms with van der Waals surface area (Å²) in [6, 6.07) is 15.0. The van der Waals surface area contributed by atoms with E-state index in [1.807, 2.05) is 24.3 Å². The van der Waals surface area contributed by atoms with Crippen LogP contribution >= 0.6 is 0 Å². The van der Waals surface area contributed by atoms with Crippen LogP contribution in [0.15, 0.2) is 67.1 Å². The zero-order valence-electron chi connectivity index (χ0n) is 19.2. The Hall–Kier alpha value is -4.64. The van der Waals surface area contributed by atoms with E-state index in [1.54, 1.807) is 16.9 Å². The summed E-state index contributed by atoms with van der Waals surface area (Å²) < 4.78 is 25.8. The normalized spacial score (nSPS) is 11.2. The first-order chi connectivity index (χ1) is 17.5. The van der Waals surface area contributed by atoms with Gasteiger partial charge in [0.2, 0.25) is 0 Å². The minimum atomic E-state index is -0.503. The molecule has 0 aliphatic heterocycles. The number of anilines is 2. The third kappa shape index (κ3) is 4.77. The van der Waals surface area contributed by atoms with E-state index >= 15 is 0 Å². The molecule has 11 heteroatoms. The Morgan fingerprint density at radius 2 is 2.00 bits per heavy atom.